The Balaban J connectivity index is 2.26. The average Bonchev–Trinajstić information content (AvgIpc) is 2.34. The Kier molecular flexibility index (Phi) is 3.93. The topological polar surface area (TPSA) is 29.5 Å². The van der Waals surface area contributed by atoms with Crippen molar-refractivity contribution in [1.82, 2.24) is 0 Å². The number of aliphatic hydroxyl groups is 1. The summed E-state index contributed by atoms with van der Waals surface area (Å²) in [6.07, 6.45) is 1.72. The molecule has 1 aromatic carbocycles. The molecular formula is C15H22O2S. The highest BCUT2D eigenvalue weighted by Gasteiger charge is 2.45. The van der Waals surface area contributed by atoms with Crippen LogP contribution < -0.4 is 4.74 Å². The second-order valence-corrected chi connectivity index (χ2v) is 6.81. The van der Waals surface area contributed by atoms with Crippen molar-refractivity contribution in [2.75, 3.05) is 18.6 Å². The normalized spacial score (nSPS) is 26.9. The number of rotatable bonds is 3. The first kappa shape index (κ1) is 13.8. The van der Waals surface area contributed by atoms with Crippen LogP contribution >= 0.6 is 11.8 Å². The van der Waals surface area contributed by atoms with E-state index in [1.165, 1.54) is 0 Å². The lowest BCUT2D eigenvalue weighted by Gasteiger charge is -2.46. The molecule has 1 fully saturated rings. The third kappa shape index (κ3) is 2.52. The summed E-state index contributed by atoms with van der Waals surface area (Å²) in [5.41, 5.74) is 0.405. The summed E-state index contributed by atoms with van der Waals surface area (Å²) in [6.45, 7) is 4.34. The molecule has 0 radical (unpaired) electrons. The van der Waals surface area contributed by atoms with Gasteiger partial charge in [-0.1, -0.05) is 32.0 Å². The number of benzene rings is 1. The summed E-state index contributed by atoms with van der Waals surface area (Å²) in [5, 5.41) is 11.0. The first-order valence-corrected chi connectivity index (χ1v) is 7.56. The van der Waals surface area contributed by atoms with Gasteiger partial charge in [0.2, 0.25) is 0 Å². The SMILES string of the molecule is COc1ccccc1CC1(O)CSCCC1(C)C. The van der Waals surface area contributed by atoms with Gasteiger partial charge in [0.1, 0.15) is 5.75 Å². The fraction of sp³-hybridized carbons (Fsp3) is 0.600. The fourth-order valence-electron chi connectivity index (χ4n) is 2.45. The summed E-state index contributed by atoms with van der Waals surface area (Å²) >= 11 is 1.85. The third-order valence-corrected chi connectivity index (χ3v) is 5.32. The lowest BCUT2D eigenvalue weighted by Crippen LogP contribution is -2.51. The van der Waals surface area contributed by atoms with E-state index in [1.807, 2.05) is 36.0 Å². The van der Waals surface area contributed by atoms with E-state index in [2.05, 4.69) is 13.8 Å². The molecule has 0 spiro atoms. The minimum atomic E-state index is -0.648. The summed E-state index contributed by atoms with van der Waals surface area (Å²) in [7, 11) is 1.68. The fourth-order valence-corrected chi connectivity index (χ4v) is 4.08. The Bertz CT molecular complexity index is 417. The van der Waals surface area contributed by atoms with E-state index < -0.39 is 5.60 Å². The average molecular weight is 266 g/mol. The molecule has 2 rings (SSSR count). The number of thioether (sulfide) groups is 1. The van der Waals surface area contributed by atoms with Gasteiger partial charge in [-0.15, -0.1) is 0 Å². The van der Waals surface area contributed by atoms with Gasteiger partial charge in [0, 0.05) is 12.2 Å². The van der Waals surface area contributed by atoms with Crippen molar-refractivity contribution in [2.24, 2.45) is 5.41 Å². The van der Waals surface area contributed by atoms with E-state index in [1.54, 1.807) is 7.11 Å². The van der Waals surface area contributed by atoms with Crippen molar-refractivity contribution in [2.45, 2.75) is 32.3 Å². The molecule has 0 aromatic heterocycles. The number of hydrogen-bond acceptors (Lipinski definition) is 3. The molecule has 0 bridgehead atoms. The maximum absolute atomic E-state index is 11.0. The minimum absolute atomic E-state index is 0.0426. The third-order valence-electron chi connectivity index (χ3n) is 4.15. The van der Waals surface area contributed by atoms with Crippen LogP contribution in [0.2, 0.25) is 0 Å². The van der Waals surface area contributed by atoms with Crippen molar-refractivity contribution >= 4 is 11.8 Å². The molecule has 1 unspecified atom stereocenters. The minimum Gasteiger partial charge on any atom is -0.496 e. The highest BCUT2D eigenvalue weighted by atomic mass is 32.2. The van der Waals surface area contributed by atoms with Crippen molar-refractivity contribution in [3.63, 3.8) is 0 Å². The summed E-state index contributed by atoms with van der Waals surface area (Å²) < 4.78 is 5.38. The number of ether oxygens (including phenoxy) is 1. The number of para-hydroxylation sites is 1. The van der Waals surface area contributed by atoms with Gasteiger partial charge in [0.25, 0.3) is 0 Å². The van der Waals surface area contributed by atoms with E-state index in [-0.39, 0.29) is 5.41 Å². The molecule has 100 valence electrons. The summed E-state index contributed by atoms with van der Waals surface area (Å²) in [5.74, 6) is 2.82. The second kappa shape index (κ2) is 5.14. The summed E-state index contributed by atoms with van der Waals surface area (Å²) in [4.78, 5) is 0. The van der Waals surface area contributed by atoms with Crippen LogP contribution in [0.25, 0.3) is 0 Å². The van der Waals surface area contributed by atoms with Gasteiger partial charge in [-0.2, -0.15) is 11.8 Å². The maximum atomic E-state index is 11.0. The van der Waals surface area contributed by atoms with Crippen LogP contribution in [0.5, 0.6) is 5.75 Å². The standard InChI is InChI=1S/C15H22O2S/c1-14(2)8-9-18-11-15(14,16)10-12-6-4-5-7-13(12)17-3/h4-7,16H,8-11H2,1-3H3. The zero-order valence-electron chi connectivity index (χ0n) is 11.4. The van der Waals surface area contributed by atoms with Crippen molar-refractivity contribution in [3.8, 4) is 5.75 Å². The predicted octanol–water partition coefficient (Wildman–Crippen LogP) is 3.13. The predicted molar refractivity (Wildman–Crippen MR) is 77.4 cm³/mol. The molecule has 1 atom stereocenters. The second-order valence-electron chi connectivity index (χ2n) is 5.71. The molecule has 1 aliphatic rings. The van der Waals surface area contributed by atoms with Gasteiger partial charge in [0.05, 0.1) is 12.7 Å². The number of hydrogen-bond donors (Lipinski definition) is 1. The molecule has 2 nitrogen and oxygen atoms in total. The molecule has 1 N–H and O–H groups in total. The van der Waals surface area contributed by atoms with Crippen LogP contribution in [0.4, 0.5) is 0 Å². The first-order valence-electron chi connectivity index (χ1n) is 6.40. The van der Waals surface area contributed by atoms with Gasteiger partial charge in [-0.25, -0.2) is 0 Å². The largest absolute Gasteiger partial charge is 0.496 e. The van der Waals surface area contributed by atoms with Crippen molar-refractivity contribution < 1.29 is 9.84 Å². The molecule has 1 aromatic rings. The summed E-state index contributed by atoms with van der Waals surface area (Å²) in [6, 6.07) is 7.98. The Hall–Kier alpha value is -0.670. The maximum Gasteiger partial charge on any atom is 0.122 e. The van der Waals surface area contributed by atoms with E-state index >= 15 is 0 Å². The lowest BCUT2D eigenvalue weighted by molar-refractivity contribution is -0.0516. The van der Waals surface area contributed by atoms with E-state index in [0.717, 1.165) is 29.2 Å². The molecule has 18 heavy (non-hydrogen) atoms. The van der Waals surface area contributed by atoms with Crippen LogP contribution in [0.1, 0.15) is 25.8 Å². The van der Waals surface area contributed by atoms with Gasteiger partial charge in [0.15, 0.2) is 0 Å². The quantitative estimate of drug-likeness (QED) is 0.911. The molecule has 0 saturated carbocycles. The Morgan fingerprint density at radius 1 is 1.33 bits per heavy atom. The smallest absolute Gasteiger partial charge is 0.122 e. The first-order chi connectivity index (χ1) is 8.48. The van der Waals surface area contributed by atoms with E-state index in [0.29, 0.717) is 6.42 Å². The molecule has 0 aliphatic carbocycles. The van der Waals surface area contributed by atoms with Gasteiger partial charge in [-0.3, -0.25) is 0 Å². The molecule has 1 saturated heterocycles. The van der Waals surface area contributed by atoms with E-state index in [9.17, 15) is 5.11 Å². The zero-order chi connectivity index (χ0) is 13.2. The van der Waals surface area contributed by atoms with Crippen LogP contribution in [-0.4, -0.2) is 29.3 Å². The van der Waals surface area contributed by atoms with Crippen molar-refractivity contribution in [1.29, 1.82) is 0 Å². The molecule has 3 heteroatoms. The van der Waals surface area contributed by atoms with Crippen LogP contribution in [0.3, 0.4) is 0 Å². The molecule has 1 aliphatic heterocycles. The lowest BCUT2D eigenvalue weighted by atomic mass is 9.70. The van der Waals surface area contributed by atoms with Crippen molar-refractivity contribution in [3.05, 3.63) is 29.8 Å². The molecule has 1 heterocycles. The van der Waals surface area contributed by atoms with Crippen LogP contribution in [0.15, 0.2) is 24.3 Å². The molecule has 0 amide bonds. The van der Waals surface area contributed by atoms with Gasteiger partial charge >= 0.3 is 0 Å². The van der Waals surface area contributed by atoms with Crippen LogP contribution in [-0.2, 0) is 6.42 Å². The highest BCUT2D eigenvalue weighted by Crippen LogP contribution is 2.44. The van der Waals surface area contributed by atoms with Crippen LogP contribution in [0, 0.1) is 5.41 Å². The monoisotopic (exact) mass is 266 g/mol. The zero-order valence-corrected chi connectivity index (χ0v) is 12.2. The molecular weight excluding hydrogens is 244 g/mol. The van der Waals surface area contributed by atoms with E-state index in [4.69, 9.17) is 4.74 Å². The van der Waals surface area contributed by atoms with Gasteiger partial charge < -0.3 is 9.84 Å². The number of methoxy groups -OCH3 is 1. The Morgan fingerprint density at radius 3 is 2.72 bits per heavy atom. The Morgan fingerprint density at radius 2 is 2.06 bits per heavy atom. The van der Waals surface area contributed by atoms with Gasteiger partial charge in [-0.05, 0) is 29.2 Å². The Labute approximate surface area is 114 Å². The highest BCUT2D eigenvalue weighted by molar-refractivity contribution is 7.99.